The number of carbonyl (C=O) groups is 1. The van der Waals surface area contributed by atoms with Crippen LogP contribution in [0.25, 0.3) is 32.9 Å². The lowest BCUT2D eigenvalue weighted by molar-refractivity contribution is 0.0547. The van der Waals surface area contributed by atoms with Gasteiger partial charge in [-0.05, 0) is 68.8 Å². The number of aromatic nitrogens is 2. The molecule has 178 valence electrons. The lowest BCUT2D eigenvalue weighted by Gasteiger charge is -2.21. The molecule has 0 aliphatic rings. The number of aromatic amines is 1. The second kappa shape index (κ2) is 8.71. The van der Waals surface area contributed by atoms with Gasteiger partial charge in [-0.2, -0.15) is 0 Å². The molecule has 0 bridgehead atoms. The second-order valence-electron chi connectivity index (χ2n) is 9.59. The Morgan fingerprint density at radius 2 is 1.83 bits per heavy atom. The van der Waals surface area contributed by atoms with E-state index < -0.39 is 11.7 Å². The highest BCUT2D eigenvalue weighted by molar-refractivity contribution is 6.35. The standard InChI is InChI=1S/C28H27ClN4O2/c1-28(2,3)35-27(34)33-23-12-7-17(15-31-21-10-8-20(30)9-11-21)13-19(23)14-24(33)22-6-4-5-18-16-32-26(29)25(18)22/h4-14,16,31-32H,15,30H2,1-3H3. The Morgan fingerprint density at radius 3 is 2.57 bits per heavy atom. The van der Waals surface area contributed by atoms with Crippen LogP contribution in [0.4, 0.5) is 16.2 Å². The van der Waals surface area contributed by atoms with Crippen LogP contribution in [0.15, 0.2) is 72.9 Å². The fraction of sp³-hybridized carbons (Fsp3) is 0.179. The summed E-state index contributed by atoms with van der Waals surface area (Å²) in [4.78, 5) is 16.5. The molecule has 4 N–H and O–H groups in total. The molecule has 0 unspecified atom stereocenters. The summed E-state index contributed by atoms with van der Waals surface area (Å²) in [7, 11) is 0. The maximum absolute atomic E-state index is 13.4. The van der Waals surface area contributed by atoms with Gasteiger partial charge in [0, 0.05) is 45.8 Å². The number of nitrogen functional groups attached to an aromatic ring is 1. The largest absolute Gasteiger partial charge is 0.443 e. The molecule has 5 rings (SSSR count). The van der Waals surface area contributed by atoms with E-state index in [1.165, 1.54) is 0 Å². The van der Waals surface area contributed by atoms with Crippen LogP contribution in [-0.4, -0.2) is 21.2 Å². The SMILES string of the molecule is CC(C)(C)OC(=O)n1c(-c2cccc3c[nH]c(Cl)c23)cc2cc(CNc3ccc(N)cc3)ccc21. The van der Waals surface area contributed by atoms with Crippen LogP contribution < -0.4 is 11.1 Å². The Bertz CT molecular complexity index is 1540. The lowest BCUT2D eigenvalue weighted by Crippen LogP contribution is -2.27. The molecule has 6 nitrogen and oxygen atoms in total. The Kier molecular flexibility index (Phi) is 5.69. The minimum absolute atomic E-state index is 0.432. The molecule has 0 fully saturated rings. The predicted molar refractivity (Wildman–Crippen MR) is 144 cm³/mol. The molecule has 5 aromatic rings. The Labute approximate surface area is 208 Å². The number of anilines is 2. The van der Waals surface area contributed by atoms with Crippen molar-refractivity contribution in [2.75, 3.05) is 11.1 Å². The summed E-state index contributed by atoms with van der Waals surface area (Å²) in [5.74, 6) is 0. The van der Waals surface area contributed by atoms with E-state index in [1.807, 2.05) is 87.6 Å². The van der Waals surface area contributed by atoms with Gasteiger partial charge in [0.25, 0.3) is 0 Å². The van der Waals surface area contributed by atoms with Crippen molar-refractivity contribution in [3.05, 3.63) is 83.6 Å². The summed E-state index contributed by atoms with van der Waals surface area (Å²) in [6, 6.07) is 21.6. The average molecular weight is 487 g/mol. The van der Waals surface area contributed by atoms with E-state index in [-0.39, 0.29) is 0 Å². The zero-order valence-electron chi connectivity index (χ0n) is 19.9. The van der Waals surface area contributed by atoms with Crippen LogP contribution in [0.1, 0.15) is 26.3 Å². The summed E-state index contributed by atoms with van der Waals surface area (Å²) in [6.45, 7) is 6.22. The van der Waals surface area contributed by atoms with E-state index in [0.717, 1.165) is 49.9 Å². The zero-order chi connectivity index (χ0) is 24.7. The quantitative estimate of drug-likeness (QED) is 0.231. The minimum Gasteiger partial charge on any atom is -0.443 e. The van der Waals surface area contributed by atoms with Crippen molar-refractivity contribution in [2.45, 2.75) is 32.9 Å². The first kappa shape index (κ1) is 22.9. The van der Waals surface area contributed by atoms with E-state index in [0.29, 0.717) is 11.7 Å². The fourth-order valence-corrected chi connectivity index (χ4v) is 4.51. The normalized spacial score (nSPS) is 11.8. The molecule has 0 spiro atoms. The molecular formula is C28H27ClN4O2. The summed E-state index contributed by atoms with van der Waals surface area (Å²) in [5, 5.41) is 6.72. The summed E-state index contributed by atoms with van der Waals surface area (Å²) >= 11 is 6.50. The van der Waals surface area contributed by atoms with Crippen molar-refractivity contribution in [3.8, 4) is 11.3 Å². The molecule has 0 radical (unpaired) electrons. The highest BCUT2D eigenvalue weighted by atomic mass is 35.5. The van der Waals surface area contributed by atoms with Gasteiger partial charge in [0.1, 0.15) is 10.8 Å². The third kappa shape index (κ3) is 4.57. The van der Waals surface area contributed by atoms with Gasteiger partial charge in [-0.1, -0.05) is 35.9 Å². The van der Waals surface area contributed by atoms with Gasteiger partial charge in [0.2, 0.25) is 0 Å². The smallest absolute Gasteiger partial charge is 0.419 e. The van der Waals surface area contributed by atoms with E-state index >= 15 is 0 Å². The highest BCUT2D eigenvalue weighted by Crippen LogP contribution is 2.37. The molecule has 0 atom stereocenters. The first-order valence-corrected chi connectivity index (χ1v) is 11.8. The number of H-pyrrole nitrogens is 1. The summed E-state index contributed by atoms with van der Waals surface area (Å²) in [5.41, 5.74) is 10.3. The molecule has 0 saturated carbocycles. The van der Waals surface area contributed by atoms with Crippen LogP contribution in [0.3, 0.4) is 0 Å². The number of hydrogen-bond donors (Lipinski definition) is 3. The highest BCUT2D eigenvalue weighted by Gasteiger charge is 2.24. The molecule has 35 heavy (non-hydrogen) atoms. The molecule has 2 aromatic heterocycles. The lowest BCUT2D eigenvalue weighted by atomic mass is 10.1. The predicted octanol–water partition coefficient (Wildman–Crippen LogP) is 7.42. The average Bonchev–Trinajstić information content (AvgIpc) is 3.38. The van der Waals surface area contributed by atoms with E-state index in [4.69, 9.17) is 22.1 Å². The number of nitrogens with zero attached hydrogens (tertiary/aromatic N) is 1. The molecule has 0 aliphatic heterocycles. The van der Waals surface area contributed by atoms with E-state index in [9.17, 15) is 4.79 Å². The number of halogens is 1. The summed E-state index contributed by atoms with van der Waals surface area (Å²) < 4.78 is 7.42. The number of fused-ring (bicyclic) bond motifs is 2. The van der Waals surface area contributed by atoms with Crippen molar-refractivity contribution in [2.24, 2.45) is 0 Å². The molecule has 0 amide bonds. The number of nitrogens with two attached hydrogens (primary N) is 1. The maximum Gasteiger partial charge on any atom is 0.419 e. The number of carbonyl (C=O) groups excluding carboxylic acids is 1. The number of hydrogen-bond acceptors (Lipinski definition) is 4. The number of benzene rings is 3. The third-order valence-electron chi connectivity index (χ3n) is 5.80. The molecule has 3 aromatic carbocycles. The van der Waals surface area contributed by atoms with Gasteiger partial charge >= 0.3 is 6.09 Å². The van der Waals surface area contributed by atoms with Crippen molar-refractivity contribution >= 4 is 50.7 Å². The number of rotatable bonds is 4. The molecule has 0 saturated heterocycles. The Morgan fingerprint density at radius 1 is 1.06 bits per heavy atom. The molecular weight excluding hydrogens is 460 g/mol. The van der Waals surface area contributed by atoms with Crippen LogP contribution in [0.2, 0.25) is 5.15 Å². The summed E-state index contributed by atoms with van der Waals surface area (Å²) in [6.07, 6.45) is 1.43. The van der Waals surface area contributed by atoms with Crippen LogP contribution in [-0.2, 0) is 11.3 Å². The molecule has 0 aliphatic carbocycles. The van der Waals surface area contributed by atoms with Crippen molar-refractivity contribution in [1.82, 2.24) is 9.55 Å². The van der Waals surface area contributed by atoms with Crippen LogP contribution in [0, 0.1) is 0 Å². The van der Waals surface area contributed by atoms with Gasteiger partial charge in [-0.25, -0.2) is 9.36 Å². The van der Waals surface area contributed by atoms with Crippen molar-refractivity contribution in [3.63, 3.8) is 0 Å². The first-order valence-electron chi connectivity index (χ1n) is 11.4. The second-order valence-corrected chi connectivity index (χ2v) is 9.96. The minimum atomic E-state index is -0.633. The first-order chi connectivity index (χ1) is 16.7. The fourth-order valence-electron chi connectivity index (χ4n) is 4.24. The van der Waals surface area contributed by atoms with Gasteiger partial charge in [-0.3, -0.25) is 0 Å². The zero-order valence-corrected chi connectivity index (χ0v) is 20.6. The third-order valence-corrected chi connectivity index (χ3v) is 6.09. The van der Waals surface area contributed by atoms with Gasteiger partial charge < -0.3 is 20.8 Å². The monoisotopic (exact) mass is 486 g/mol. The molecule has 2 heterocycles. The van der Waals surface area contributed by atoms with E-state index in [2.05, 4.69) is 16.4 Å². The van der Waals surface area contributed by atoms with Crippen molar-refractivity contribution in [1.29, 1.82) is 0 Å². The van der Waals surface area contributed by atoms with Crippen LogP contribution in [0.5, 0.6) is 0 Å². The van der Waals surface area contributed by atoms with E-state index in [1.54, 1.807) is 4.57 Å². The topological polar surface area (TPSA) is 85.1 Å². The van der Waals surface area contributed by atoms with Gasteiger partial charge in [0.05, 0.1) is 11.2 Å². The number of nitrogens with one attached hydrogen (secondary N) is 2. The van der Waals surface area contributed by atoms with Gasteiger partial charge in [-0.15, -0.1) is 0 Å². The Balaban J connectivity index is 1.60. The molecule has 7 heteroatoms. The Hall–Kier alpha value is -3.90. The van der Waals surface area contributed by atoms with Crippen LogP contribution >= 0.6 is 11.6 Å². The van der Waals surface area contributed by atoms with Crippen molar-refractivity contribution < 1.29 is 9.53 Å². The number of ether oxygens (including phenoxy) is 1. The van der Waals surface area contributed by atoms with Gasteiger partial charge in [0.15, 0.2) is 0 Å². The maximum atomic E-state index is 13.4.